The van der Waals surface area contributed by atoms with Crippen LogP contribution in [-0.2, 0) is 10.9 Å². The largest absolute Gasteiger partial charge is 0.478 e. The van der Waals surface area contributed by atoms with Crippen LogP contribution in [0.15, 0.2) is 48.5 Å². The summed E-state index contributed by atoms with van der Waals surface area (Å²) >= 11 is 0. The molecule has 0 saturated carbocycles. The van der Waals surface area contributed by atoms with Crippen molar-refractivity contribution in [1.82, 2.24) is 0 Å². The van der Waals surface area contributed by atoms with E-state index in [1.165, 1.54) is 24.3 Å². The molecule has 0 heterocycles. The fourth-order valence-corrected chi connectivity index (χ4v) is 2.18. The summed E-state index contributed by atoms with van der Waals surface area (Å²) < 4.78 is 44.6. The zero-order valence-corrected chi connectivity index (χ0v) is 12.4. The van der Waals surface area contributed by atoms with E-state index in [-0.39, 0.29) is 5.69 Å². The molecule has 1 N–H and O–H groups in total. The molecule has 0 fully saturated rings. The topological polar surface area (TPSA) is 66.8 Å². The lowest BCUT2D eigenvalue weighted by molar-refractivity contribution is -0.137. The summed E-state index contributed by atoms with van der Waals surface area (Å²) in [5.41, 5.74) is -2.67. The van der Waals surface area contributed by atoms with Crippen molar-refractivity contribution in [2.75, 3.05) is 12.0 Å². The van der Waals surface area contributed by atoms with Gasteiger partial charge in [-0.05, 0) is 24.3 Å². The van der Waals surface area contributed by atoms with Crippen molar-refractivity contribution < 1.29 is 32.6 Å². The predicted molar refractivity (Wildman–Crippen MR) is 79.4 cm³/mol. The second kappa shape index (κ2) is 6.61. The summed E-state index contributed by atoms with van der Waals surface area (Å²) in [5.74, 6) is -1.60. The number of hydrogen-bond acceptors (Lipinski definition) is 3. The van der Waals surface area contributed by atoms with Gasteiger partial charge >= 0.3 is 18.2 Å². The van der Waals surface area contributed by atoms with Gasteiger partial charge < -0.3 is 9.84 Å². The first-order valence-electron chi connectivity index (χ1n) is 6.64. The number of carbonyl (C=O) groups excluding carboxylic acids is 1. The number of ether oxygens (including phenoxy) is 1. The highest BCUT2D eigenvalue weighted by Crippen LogP contribution is 2.41. The minimum absolute atomic E-state index is 0.0450. The van der Waals surface area contributed by atoms with Crippen LogP contribution in [0.25, 0.3) is 0 Å². The van der Waals surface area contributed by atoms with E-state index in [0.29, 0.717) is 11.0 Å². The Bertz CT molecular complexity index is 760. The Labute approximate surface area is 134 Å². The lowest BCUT2D eigenvalue weighted by Crippen LogP contribution is -2.30. The first-order chi connectivity index (χ1) is 11.3. The molecule has 0 aliphatic rings. The number of benzene rings is 2. The van der Waals surface area contributed by atoms with Crippen LogP contribution in [-0.4, -0.2) is 24.3 Å². The summed E-state index contributed by atoms with van der Waals surface area (Å²) in [6.45, 7) is 0. The van der Waals surface area contributed by atoms with Gasteiger partial charge in [-0.3, -0.25) is 0 Å². The van der Waals surface area contributed by atoms with Crippen molar-refractivity contribution >= 4 is 23.4 Å². The highest BCUT2D eigenvalue weighted by atomic mass is 19.4. The van der Waals surface area contributed by atoms with E-state index in [1.54, 1.807) is 6.07 Å². The van der Waals surface area contributed by atoms with Crippen molar-refractivity contribution in [3.63, 3.8) is 0 Å². The van der Waals surface area contributed by atoms with Crippen LogP contribution in [0.4, 0.5) is 29.3 Å². The molecule has 2 aromatic rings. The maximum atomic E-state index is 13.4. The van der Waals surface area contributed by atoms with E-state index >= 15 is 0 Å². The molecule has 2 aromatic carbocycles. The van der Waals surface area contributed by atoms with E-state index in [9.17, 15) is 27.9 Å². The van der Waals surface area contributed by atoms with Crippen molar-refractivity contribution in [3.8, 4) is 0 Å². The van der Waals surface area contributed by atoms with Crippen LogP contribution in [0.5, 0.6) is 0 Å². The number of anilines is 2. The van der Waals surface area contributed by atoms with Gasteiger partial charge in [-0.1, -0.05) is 24.3 Å². The van der Waals surface area contributed by atoms with Gasteiger partial charge in [-0.15, -0.1) is 0 Å². The first-order valence-corrected chi connectivity index (χ1v) is 6.64. The van der Waals surface area contributed by atoms with Gasteiger partial charge in [0.15, 0.2) is 0 Å². The fourth-order valence-electron chi connectivity index (χ4n) is 2.18. The SMILES string of the molecule is COC(=O)N(c1ccccc1)c1c(C(=O)O)cccc1C(F)(F)F. The maximum absolute atomic E-state index is 13.4. The molecule has 0 aliphatic carbocycles. The molecule has 0 aliphatic heterocycles. The molecule has 0 spiro atoms. The van der Waals surface area contributed by atoms with E-state index < -0.39 is 35.1 Å². The molecule has 8 heteroatoms. The molecule has 0 bridgehead atoms. The molecular formula is C16H12F3NO4. The second-order valence-corrected chi connectivity index (χ2v) is 4.65. The van der Waals surface area contributed by atoms with Gasteiger partial charge in [0.05, 0.1) is 29.6 Å². The minimum Gasteiger partial charge on any atom is -0.478 e. The van der Waals surface area contributed by atoms with Gasteiger partial charge in [0, 0.05) is 0 Å². The lowest BCUT2D eigenvalue weighted by Gasteiger charge is -2.26. The summed E-state index contributed by atoms with van der Waals surface area (Å²) in [4.78, 5) is 24.1. The maximum Gasteiger partial charge on any atom is 0.418 e. The van der Waals surface area contributed by atoms with E-state index in [4.69, 9.17) is 0 Å². The van der Waals surface area contributed by atoms with Gasteiger partial charge in [-0.25, -0.2) is 14.5 Å². The number of para-hydroxylation sites is 2. The van der Waals surface area contributed by atoms with Crippen LogP contribution in [0, 0.1) is 0 Å². The Morgan fingerprint density at radius 3 is 2.17 bits per heavy atom. The van der Waals surface area contributed by atoms with Gasteiger partial charge in [-0.2, -0.15) is 13.2 Å². The molecule has 0 saturated heterocycles. The molecule has 5 nitrogen and oxygen atoms in total. The Balaban J connectivity index is 2.82. The van der Waals surface area contributed by atoms with E-state index in [0.717, 1.165) is 19.2 Å². The van der Waals surface area contributed by atoms with Crippen LogP contribution in [0.3, 0.4) is 0 Å². The number of hydrogen-bond donors (Lipinski definition) is 1. The number of carboxylic acids is 1. The zero-order valence-electron chi connectivity index (χ0n) is 12.4. The third-order valence-electron chi connectivity index (χ3n) is 3.17. The number of aromatic carboxylic acids is 1. The third-order valence-corrected chi connectivity index (χ3v) is 3.17. The lowest BCUT2D eigenvalue weighted by atomic mass is 10.0. The zero-order chi connectivity index (χ0) is 17.9. The van der Waals surface area contributed by atoms with Crippen LogP contribution in [0.2, 0.25) is 0 Å². The highest BCUT2D eigenvalue weighted by Gasteiger charge is 2.39. The van der Waals surface area contributed by atoms with Crippen molar-refractivity contribution in [2.45, 2.75) is 6.18 Å². The molecule has 1 amide bonds. The number of alkyl halides is 3. The summed E-state index contributed by atoms with van der Waals surface area (Å²) in [7, 11) is 0.995. The molecule has 0 aromatic heterocycles. The van der Waals surface area contributed by atoms with Crippen LogP contribution < -0.4 is 4.90 Å². The van der Waals surface area contributed by atoms with Crippen molar-refractivity contribution in [1.29, 1.82) is 0 Å². The number of methoxy groups -OCH3 is 1. The molecule has 2 rings (SSSR count). The quantitative estimate of drug-likeness (QED) is 0.905. The predicted octanol–water partition coefficient (Wildman–Crippen LogP) is 4.31. The first kappa shape index (κ1) is 17.3. The van der Waals surface area contributed by atoms with Crippen molar-refractivity contribution in [3.05, 3.63) is 59.7 Å². The van der Waals surface area contributed by atoms with Crippen molar-refractivity contribution in [2.24, 2.45) is 0 Å². The number of halogens is 3. The molecule has 0 unspecified atom stereocenters. The number of carbonyl (C=O) groups is 2. The summed E-state index contributed by atoms with van der Waals surface area (Å²) in [6.07, 6.45) is -6.00. The Kier molecular flexibility index (Phi) is 4.77. The average molecular weight is 339 g/mol. The number of amides is 1. The fraction of sp³-hybridized carbons (Fsp3) is 0.125. The van der Waals surface area contributed by atoms with E-state index in [2.05, 4.69) is 4.74 Å². The molecule has 0 radical (unpaired) electrons. The standard InChI is InChI=1S/C16H12F3NO4/c1-24-15(23)20(10-6-3-2-4-7-10)13-11(14(21)22)8-5-9-12(13)16(17,18)19/h2-9H,1H3,(H,21,22). The second-order valence-electron chi connectivity index (χ2n) is 4.65. The highest BCUT2D eigenvalue weighted by molar-refractivity contribution is 6.05. The van der Waals surface area contributed by atoms with Crippen LogP contribution in [0.1, 0.15) is 15.9 Å². The molecule has 24 heavy (non-hydrogen) atoms. The minimum atomic E-state index is -4.86. The van der Waals surface area contributed by atoms with Gasteiger partial charge in [0.2, 0.25) is 0 Å². The Hall–Kier alpha value is -3.03. The van der Waals surface area contributed by atoms with Gasteiger partial charge in [0.25, 0.3) is 0 Å². The molecule has 0 atom stereocenters. The molecular weight excluding hydrogens is 327 g/mol. The molecule has 126 valence electrons. The summed E-state index contributed by atoms with van der Waals surface area (Å²) in [5, 5.41) is 9.26. The summed E-state index contributed by atoms with van der Waals surface area (Å²) in [6, 6.07) is 10.0. The Morgan fingerprint density at radius 1 is 1.04 bits per heavy atom. The third kappa shape index (κ3) is 3.32. The van der Waals surface area contributed by atoms with Gasteiger partial charge in [0.1, 0.15) is 0 Å². The monoisotopic (exact) mass is 339 g/mol. The average Bonchev–Trinajstić information content (AvgIpc) is 2.54. The number of nitrogens with zero attached hydrogens (tertiary/aromatic N) is 1. The normalized spacial score (nSPS) is 11.0. The van der Waals surface area contributed by atoms with E-state index in [1.807, 2.05) is 0 Å². The Morgan fingerprint density at radius 2 is 1.67 bits per heavy atom. The number of carboxylic acid groups (broad SMARTS) is 1. The van der Waals surface area contributed by atoms with Crippen LogP contribution >= 0.6 is 0 Å². The smallest absolute Gasteiger partial charge is 0.418 e. The number of rotatable bonds is 3.